The third kappa shape index (κ3) is 3.16. The first-order valence-electron chi connectivity index (χ1n) is 6.30. The number of aromatic nitrogens is 1. The summed E-state index contributed by atoms with van der Waals surface area (Å²) in [4.78, 5) is 16.1. The number of nitrogens with zero attached hydrogens (tertiary/aromatic N) is 1. The van der Waals surface area contributed by atoms with Crippen LogP contribution in [-0.2, 0) is 4.74 Å². The zero-order valence-electron chi connectivity index (χ0n) is 10.5. The van der Waals surface area contributed by atoms with Crippen molar-refractivity contribution in [3.8, 4) is 0 Å². The average molecular weight is 266 g/mol. The number of nitrogen functional groups attached to an aromatic ring is 1. The number of esters is 1. The Hall–Kier alpha value is -1.23. The standard InChI is InChI=1S/C13H18N2O2S/c1-2-17-13(16)11-7-9(14)8-15-12(11)18-10-5-3-4-6-10/h7-8,10H,2-6,14H2,1H3. The molecule has 0 saturated heterocycles. The quantitative estimate of drug-likeness (QED) is 0.849. The van der Waals surface area contributed by atoms with Crippen molar-refractivity contribution in [2.75, 3.05) is 12.3 Å². The molecule has 0 amide bonds. The summed E-state index contributed by atoms with van der Waals surface area (Å²) in [6, 6.07) is 1.66. The van der Waals surface area contributed by atoms with Crippen molar-refractivity contribution in [2.45, 2.75) is 42.9 Å². The molecule has 5 heteroatoms. The van der Waals surface area contributed by atoms with Crippen LogP contribution in [-0.4, -0.2) is 22.8 Å². The second kappa shape index (κ2) is 6.09. The van der Waals surface area contributed by atoms with Crippen LogP contribution in [0.1, 0.15) is 43.0 Å². The van der Waals surface area contributed by atoms with E-state index in [-0.39, 0.29) is 5.97 Å². The molecule has 0 unspecified atom stereocenters. The van der Waals surface area contributed by atoms with Gasteiger partial charge in [0.05, 0.1) is 24.1 Å². The van der Waals surface area contributed by atoms with Gasteiger partial charge in [0.25, 0.3) is 0 Å². The van der Waals surface area contributed by atoms with Crippen LogP contribution in [0.5, 0.6) is 0 Å². The highest BCUT2D eigenvalue weighted by atomic mass is 32.2. The van der Waals surface area contributed by atoms with Crippen molar-refractivity contribution in [1.29, 1.82) is 0 Å². The van der Waals surface area contributed by atoms with Crippen LogP contribution < -0.4 is 5.73 Å². The van der Waals surface area contributed by atoms with Crippen molar-refractivity contribution in [2.24, 2.45) is 0 Å². The molecule has 0 radical (unpaired) electrons. The molecule has 1 aliphatic carbocycles. The van der Waals surface area contributed by atoms with Crippen molar-refractivity contribution in [1.82, 2.24) is 4.98 Å². The lowest BCUT2D eigenvalue weighted by Crippen LogP contribution is -2.09. The molecule has 0 atom stereocenters. The predicted molar refractivity (Wildman–Crippen MR) is 72.7 cm³/mol. The molecule has 2 rings (SSSR count). The maximum absolute atomic E-state index is 11.9. The van der Waals surface area contributed by atoms with Gasteiger partial charge in [0.15, 0.2) is 0 Å². The van der Waals surface area contributed by atoms with Gasteiger partial charge in [0, 0.05) is 5.25 Å². The number of hydrogen-bond acceptors (Lipinski definition) is 5. The smallest absolute Gasteiger partial charge is 0.340 e. The molecular weight excluding hydrogens is 248 g/mol. The summed E-state index contributed by atoms with van der Waals surface area (Å²) in [6.07, 6.45) is 6.51. The lowest BCUT2D eigenvalue weighted by atomic mass is 10.2. The Morgan fingerprint density at radius 1 is 1.56 bits per heavy atom. The van der Waals surface area contributed by atoms with Gasteiger partial charge in [-0.1, -0.05) is 12.8 Å². The number of nitrogens with two attached hydrogens (primary N) is 1. The third-order valence-corrected chi connectivity index (χ3v) is 4.30. The average Bonchev–Trinajstić information content (AvgIpc) is 2.84. The number of anilines is 1. The number of hydrogen-bond donors (Lipinski definition) is 1. The summed E-state index contributed by atoms with van der Waals surface area (Å²) in [5.41, 5.74) is 6.68. The van der Waals surface area contributed by atoms with Gasteiger partial charge in [0.1, 0.15) is 5.03 Å². The summed E-state index contributed by atoms with van der Waals surface area (Å²) in [5, 5.41) is 1.31. The molecule has 1 saturated carbocycles. The van der Waals surface area contributed by atoms with E-state index in [1.165, 1.54) is 25.7 Å². The Balaban J connectivity index is 2.19. The molecule has 98 valence electrons. The molecule has 1 heterocycles. The van der Waals surface area contributed by atoms with E-state index in [9.17, 15) is 4.79 Å². The number of ether oxygens (including phenoxy) is 1. The Morgan fingerprint density at radius 2 is 2.28 bits per heavy atom. The second-order valence-corrected chi connectivity index (χ2v) is 5.66. The summed E-state index contributed by atoms with van der Waals surface area (Å²) in [5.74, 6) is -0.335. The Kier molecular flexibility index (Phi) is 4.47. The summed E-state index contributed by atoms with van der Waals surface area (Å²) in [7, 11) is 0. The van der Waals surface area contributed by atoms with E-state index >= 15 is 0 Å². The highest BCUT2D eigenvalue weighted by molar-refractivity contribution is 7.99. The summed E-state index contributed by atoms with van der Waals surface area (Å²) < 4.78 is 5.04. The predicted octanol–water partition coefficient (Wildman–Crippen LogP) is 2.88. The number of thioether (sulfide) groups is 1. The minimum absolute atomic E-state index is 0.335. The van der Waals surface area contributed by atoms with Crippen LogP contribution in [0.2, 0.25) is 0 Å². The first-order valence-corrected chi connectivity index (χ1v) is 7.18. The first kappa shape index (κ1) is 13.2. The number of pyridine rings is 1. The van der Waals surface area contributed by atoms with Crippen LogP contribution in [0.15, 0.2) is 17.3 Å². The van der Waals surface area contributed by atoms with Gasteiger partial charge >= 0.3 is 5.97 Å². The third-order valence-electron chi connectivity index (χ3n) is 2.95. The normalized spacial score (nSPS) is 15.8. The fourth-order valence-electron chi connectivity index (χ4n) is 2.08. The molecule has 4 nitrogen and oxygen atoms in total. The van der Waals surface area contributed by atoms with Crippen molar-refractivity contribution >= 4 is 23.4 Å². The van der Waals surface area contributed by atoms with Gasteiger partial charge in [0.2, 0.25) is 0 Å². The monoisotopic (exact) mass is 266 g/mol. The van der Waals surface area contributed by atoms with E-state index < -0.39 is 0 Å². The van der Waals surface area contributed by atoms with Crippen LogP contribution in [0, 0.1) is 0 Å². The van der Waals surface area contributed by atoms with Crippen LogP contribution in [0.4, 0.5) is 5.69 Å². The van der Waals surface area contributed by atoms with Crippen molar-refractivity contribution in [3.05, 3.63) is 17.8 Å². The highest BCUT2D eigenvalue weighted by Crippen LogP contribution is 2.35. The van der Waals surface area contributed by atoms with Crippen molar-refractivity contribution < 1.29 is 9.53 Å². The first-order chi connectivity index (χ1) is 8.70. The Labute approximate surface area is 111 Å². The fraction of sp³-hybridized carbons (Fsp3) is 0.538. The van der Waals surface area contributed by atoms with Crippen molar-refractivity contribution in [3.63, 3.8) is 0 Å². The van der Waals surface area contributed by atoms with Crippen LogP contribution >= 0.6 is 11.8 Å². The molecule has 18 heavy (non-hydrogen) atoms. The van der Waals surface area contributed by atoms with Gasteiger partial charge in [-0.25, -0.2) is 9.78 Å². The molecule has 0 bridgehead atoms. The van der Waals surface area contributed by atoms with E-state index in [2.05, 4.69) is 4.98 Å². The molecule has 1 fully saturated rings. The van der Waals surface area contributed by atoms with E-state index in [4.69, 9.17) is 10.5 Å². The van der Waals surface area contributed by atoms with Gasteiger partial charge in [-0.3, -0.25) is 0 Å². The van der Waals surface area contributed by atoms with Gasteiger partial charge in [-0.15, -0.1) is 11.8 Å². The minimum atomic E-state index is -0.335. The van der Waals surface area contributed by atoms with Gasteiger partial charge in [-0.05, 0) is 25.8 Å². The van der Waals surface area contributed by atoms with E-state index in [1.54, 1.807) is 30.9 Å². The second-order valence-electron chi connectivity index (χ2n) is 4.37. The Bertz CT molecular complexity index is 431. The minimum Gasteiger partial charge on any atom is -0.462 e. The summed E-state index contributed by atoms with van der Waals surface area (Å²) in [6.45, 7) is 2.16. The molecular formula is C13H18N2O2S. The number of carbonyl (C=O) groups is 1. The maximum atomic E-state index is 11.9. The maximum Gasteiger partial charge on any atom is 0.340 e. The molecule has 2 N–H and O–H groups in total. The van der Waals surface area contributed by atoms with Gasteiger partial charge in [-0.2, -0.15) is 0 Å². The molecule has 0 spiro atoms. The molecule has 0 aliphatic heterocycles. The Morgan fingerprint density at radius 3 is 2.94 bits per heavy atom. The summed E-state index contributed by atoms with van der Waals surface area (Å²) >= 11 is 1.67. The molecule has 1 aromatic rings. The largest absolute Gasteiger partial charge is 0.462 e. The number of carbonyl (C=O) groups excluding carboxylic acids is 1. The SMILES string of the molecule is CCOC(=O)c1cc(N)cnc1SC1CCCC1. The highest BCUT2D eigenvalue weighted by Gasteiger charge is 2.21. The lowest BCUT2D eigenvalue weighted by Gasteiger charge is -2.12. The van der Waals surface area contributed by atoms with E-state index in [0.29, 0.717) is 23.1 Å². The zero-order chi connectivity index (χ0) is 13.0. The number of rotatable bonds is 4. The molecule has 1 aromatic heterocycles. The van der Waals surface area contributed by atoms with Crippen LogP contribution in [0.3, 0.4) is 0 Å². The molecule has 0 aromatic carbocycles. The lowest BCUT2D eigenvalue weighted by molar-refractivity contribution is 0.0521. The topological polar surface area (TPSA) is 65.2 Å². The van der Waals surface area contributed by atoms with E-state index in [0.717, 1.165) is 5.03 Å². The van der Waals surface area contributed by atoms with E-state index in [1.807, 2.05) is 0 Å². The molecule has 1 aliphatic rings. The van der Waals surface area contributed by atoms with Gasteiger partial charge < -0.3 is 10.5 Å². The zero-order valence-corrected chi connectivity index (χ0v) is 11.3. The fourth-order valence-corrected chi connectivity index (χ4v) is 3.35. The van der Waals surface area contributed by atoms with Crippen LogP contribution in [0.25, 0.3) is 0 Å².